The lowest BCUT2D eigenvalue weighted by molar-refractivity contribution is -0.107. The van der Waals surface area contributed by atoms with Gasteiger partial charge in [-0.05, 0) is 65.4 Å². The molecule has 0 radical (unpaired) electrons. The van der Waals surface area contributed by atoms with Crippen molar-refractivity contribution >= 4 is 53.7 Å². The highest BCUT2D eigenvalue weighted by molar-refractivity contribution is 6.04. The maximum Gasteiger partial charge on any atom is 0.412 e. The van der Waals surface area contributed by atoms with E-state index in [1.54, 1.807) is 72.6 Å². The van der Waals surface area contributed by atoms with E-state index in [-0.39, 0.29) is 12.6 Å². The zero-order chi connectivity index (χ0) is 39.6. The zero-order valence-corrected chi connectivity index (χ0v) is 32.1. The first-order valence-electron chi connectivity index (χ1n) is 16.9. The summed E-state index contributed by atoms with van der Waals surface area (Å²) in [7, 11) is 10.9. The van der Waals surface area contributed by atoms with Gasteiger partial charge in [-0.1, -0.05) is 0 Å². The first-order valence-corrected chi connectivity index (χ1v) is 16.9. The summed E-state index contributed by atoms with van der Waals surface area (Å²) in [6.07, 6.45) is 11.8. The molecule has 0 spiro atoms. The Hall–Kier alpha value is -5.68. The fraction of sp³-hybridized carbons (Fsp3) is 0.444. The van der Waals surface area contributed by atoms with Gasteiger partial charge in [0.05, 0.1) is 29.4 Å². The molecule has 2 amide bonds. The summed E-state index contributed by atoms with van der Waals surface area (Å²) in [6.45, 7) is 7.02. The highest BCUT2D eigenvalue weighted by Gasteiger charge is 2.17. The van der Waals surface area contributed by atoms with E-state index in [1.165, 1.54) is 0 Å². The third kappa shape index (κ3) is 15.2. The monoisotopic (exact) mass is 738 g/mol. The predicted molar refractivity (Wildman–Crippen MR) is 205 cm³/mol. The molecule has 0 saturated heterocycles. The average Bonchev–Trinajstić information content (AvgIpc) is 3.85. The van der Waals surface area contributed by atoms with E-state index in [4.69, 9.17) is 9.47 Å². The molecule has 0 bridgehead atoms. The van der Waals surface area contributed by atoms with Crippen LogP contribution in [0.25, 0.3) is 0 Å². The Labute approximate surface area is 310 Å². The molecule has 0 saturated carbocycles. The summed E-state index contributed by atoms with van der Waals surface area (Å²) >= 11 is 0. The Morgan fingerprint density at radius 2 is 1.49 bits per heavy atom. The third-order valence-electron chi connectivity index (χ3n) is 7.32. The number of aldehydes is 3. The Balaban J connectivity index is 0.000000314. The summed E-state index contributed by atoms with van der Waals surface area (Å²) in [4.78, 5) is 59.3. The number of rotatable bonds is 16. The first kappa shape index (κ1) is 43.5. The van der Waals surface area contributed by atoms with Crippen molar-refractivity contribution in [3.8, 4) is 0 Å². The minimum atomic E-state index is -0.550. The van der Waals surface area contributed by atoms with Crippen LogP contribution in [0, 0.1) is 0 Å². The normalized spacial score (nSPS) is 10.6. The van der Waals surface area contributed by atoms with E-state index in [0.717, 1.165) is 43.3 Å². The lowest BCUT2D eigenvalue weighted by Gasteiger charge is -2.19. The molecule has 4 aromatic rings. The molecule has 0 aliphatic rings. The van der Waals surface area contributed by atoms with Gasteiger partial charge in [-0.2, -0.15) is 0 Å². The van der Waals surface area contributed by atoms with Crippen molar-refractivity contribution in [2.24, 2.45) is 28.2 Å². The average molecular weight is 739 g/mol. The molecule has 53 heavy (non-hydrogen) atoms. The molecular formula is C36H54N10O7. The van der Waals surface area contributed by atoms with Crippen LogP contribution >= 0.6 is 0 Å². The van der Waals surface area contributed by atoms with Crippen molar-refractivity contribution in [3.63, 3.8) is 0 Å². The second-order valence-electron chi connectivity index (χ2n) is 12.9. The predicted octanol–water partition coefficient (Wildman–Crippen LogP) is 4.55. The van der Waals surface area contributed by atoms with E-state index in [9.17, 15) is 24.0 Å². The second kappa shape index (κ2) is 21.6. The van der Waals surface area contributed by atoms with Crippen molar-refractivity contribution in [1.82, 2.24) is 28.6 Å². The molecule has 0 atom stereocenters. The molecule has 4 heterocycles. The number of anilines is 4. The van der Waals surface area contributed by atoms with Crippen molar-refractivity contribution in [3.05, 3.63) is 65.9 Å². The SMILES string of the molecule is CNCCCCC=O.CNc1cc(C(=O)Nc2cc(C=O)n(C)c2)n(C)c1.Cn1cc(NC(=O)OC(C)(C)C)cc1COCNc1cn(C)c(C=O)n1. The largest absolute Gasteiger partial charge is 0.444 e. The van der Waals surface area contributed by atoms with E-state index >= 15 is 0 Å². The number of imidazole rings is 1. The number of nitrogens with zero attached hydrogens (tertiary/aromatic N) is 5. The van der Waals surface area contributed by atoms with Crippen LogP contribution in [0.5, 0.6) is 0 Å². The van der Waals surface area contributed by atoms with E-state index < -0.39 is 11.7 Å². The fourth-order valence-corrected chi connectivity index (χ4v) is 4.62. The van der Waals surface area contributed by atoms with Crippen LogP contribution in [0.4, 0.5) is 27.7 Å². The molecule has 0 aromatic carbocycles. The number of ether oxygens (including phenoxy) is 2. The second-order valence-corrected chi connectivity index (χ2v) is 12.9. The van der Waals surface area contributed by atoms with Crippen molar-refractivity contribution in [2.45, 2.75) is 52.2 Å². The van der Waals surface area contributed by atoms with Gasteiger partial charge in [0.1, 0.15) is 30.1 Å². The van der Waals surface area contributed by atoms with E-state index in [0.29, 0.717) is 53.7 Å². The standard InChI is InChI=1S/C17H25N5O4.C13H16N4O2.C6H13NO/c1-17(2,3)26-16(24)19-12-6-13(21(4)7-12)10-25-11-18-14-8-22(5)15(9-23)20-14;1-14-9-5-12(17(3)6-9)13(19)15-10-4-11(8-18)16(2)7-10;1-7-5-3-2-4-6-8/h6-9,18H,10-11H2,1-5H3,(H,19,24);4-8,14H,1-3H3,(H,15,19);6-7H,2-5H2,1H3. The molecule has 4 rings (SSSR count). The molecule has 0 unspecified atom stereocenters. The highest BCUT2D eigenvalue weighted by atomic mass is 16.6. The Morgan fingerprint density at radius 1 is 0.811 bits per heavy atom. The van der Waals surface area contributed by atoms with Gasteiger partial charge in [0.25, 0.3) is 5.91 Å². The van der Waals surface area contributed by atoms with Crippen molar-refractivity contribution in [1.29, 1.82) is 0 Å². The van der Waals surface area contributed by atoms with Gasteiger partial charge in [-0.25, -0.2) is 9.78 Å². The van der Waals surface area contributed by atoms with Crippen molar-refractivity contribution in [2.75, 3.05) is 48.6 Å². The number of amides is 2. The molecule has 5 N–H and O–H groups in total. The van der Waals surface area contributed by atoms with Gasteiger partial charge in [0, 0.05) is 72.1 Å². The molecule has 290 valence electrons. The highest BCUT2D eigenvalue weighted by Crippen LogP contribution is 2.17. The Bertz CT molecular complexity index is 1780. The number of carbonyl (C=O) groups is 5. The summed E-state index contributed by atoms with van der Waals surface area (Å²) in [6, 6.07) is 5.21. The van der Waals surface area contributed by atoms with Crippen LogP contribution < -0.4 is 26.6 Å². The Morgan fingerprint density at radius 3 is 2.06 bits per heavy atom. The lowest BCUT2D eigenvalue weighted by atomic mass is 10.2. The maximum absolute atomic E-state index is 12.1. The summed E-state index contributed by atoms with van der Waals surface area (Å²) < 4.78 is 17.7. The van der Waals surface area contributed by atoms with Crippen LogP contribution in [0.3, 0.4) is 0 Å². The molecule has 0 aliphatic heterocycles. The quantitative estimate of drug-likeness (QED) is 0.0615. The number of nitrogens with one attached hydrogen (secondary N) is 5. The zero-order valence-electron chi connectivity index (χ0n) is 32.1. The minimum absolute atomic E-state index is 0.216. The molecule has 0 aliphatic carbocycles. The molecule has 0 fully saturated rings. The van der Waals surface area contributed by atoms with E-state index in [2.05, 4.69) is 31.6 Å². The number of aryl methyl sites for hydroxylation is 4. The maximum atomic E-state index is 12.1. The first-order chi connectivity index (χ1) is 25.1. The van der Waals surface area contributed by atoms with Gasteiger partial charge in [0.2, 0.25) is 0 Å². The summed E-state index contributed by atoms with van der Waals surface area (Å²) in [5.41, 5.74) is 3.49. The van der Waals surface area contributed by atoms with Gasteiger partial charge in [-0.15, -0.1) is 0 Å². The van der Waals surface area contributed by atoms with Crippen LogP contribution in [0.15, 0.2) is 43.0 Å². The molecule has 4 aromatic heterocycles. The van der Waals surface area contributed by atoms with Gasteiger partial charge in [-0.3, -0.25) is 19.7 Å². The van der Waals surface area contributed by atoms with Gasteiger partial charge in [0.15, 0.2) is 18.4 Å². The molecule has 17 nitrogen and oxygen atoms in total. The molecule has 17 heteroatoms. The minimum Gasteiger partial charge on any atom is -0.444 e. The molecular weight excluding hydrogens is 684 g/mol. The third-order valence-corrected chi connectivity index (χ3v) is 7.32. The number of hydrogen-bond acceptors (Lipinski definition) is 11. The van der Waals surface area contributed by atoms with Crippen LogP contribution in [0.1, 0.15) is 77.3 Å². The lowest BCUT2D eigenvalue weighted by Crippen LogP contribution is -2.27. The topological polar surface area (TPSA) is 197 Å². The van der Waals surface area contributed by atoms with Gasteiger partial charge < -0.3 is 53.8 Å². The Kier molecular flexibility index (Phi) is 17.7. The number of aromatic nitrogens is 5. The number of carbonyl (C=O) groups excluding carboxylic acids is 5. The van der Waals surface area contributed by atoms with Crippen LogP contribution in [-0.4, -0.2) is 87.1 Å². The van der Waals surface area contributed by atoms with E-state index in [1.807, 2.05) is 51.7 Å². The number of hydrogen-bond donors (Lipinski definition) is 5. The fourth-order valence-electron chi connectivity index (χ4n) is 4.62. The summed E-state index contributed by atoms with van der Waals surface area (Å²) in [5, 5.41) is 14.4. The smallest absolute Gasteiger partial charge is 0.412 e. The number of unbranched alkanes of at least 4 members (excludes halogenated alkanes) is 2. The van der Waals surface area contributed by atoms with Crippen LogP contribution in [-0.2, 0) is 49.1 Å². The summed E-state index contributed by atoms with van der Waals surface area (Å²) in [5.74, 6) is 0.689. The van der Waals surface area contributed by atoms with Crippen molar-refractivity contribution < 1.29 is 33.4 Å². The van der Waals surface area contributed by atoms with Crippen LogP contribution in [0.2, 0.25) is 0 Å². The van der Waals surface area contributed by atoms with Gasteiger partial charge >= 0.3 is 6.09 Å².